The van der Waals surface area contributed by atoms with Crippen molar-refractivity contribution in [2.24, 2.45) is 11.1 Å². The van der Waals surface area contributed by atoms with Gasteiger partial charge in [0.2, 0.25) is 11.8 Å². The van der Waals surface area contributed by atoms with Crippen molar-refractivity contribution in [2.75, 3.05) is 30.3 Å². The number of benzene rings is 1. The maximum Gasteiger partial charge on any atom is 0.238 e. The molecule has 1 heterocycles. The fraction of sp³-hybridized carbons (Fsp3) is 0.529. The van der Waals surface area contributed by atoms with Crippen LogP contribution < -0.4 is 16.4 Å². The zero-order valence-corrected chi connectivity index (χ0v) is 14.1. The highest BCUT2D eigenvalue weighted by molar-refractivity contribution is 5.94. The zero-order valence-electron chi connectivity index (χ0n) is 14.1. The average Bonchev–Trinajstić information content (AvgIpc) is 2.42. The molecule has 1 aliphatic heterocycles. The van der Waals surface area contributed by atoms with Gasteiger partial charge in [0.1, 0.15) is 0 Å². The molecule has 0 aromatic heterocycles. The third-order valence-corrected chi connectivity index (χ3v) is 4.23. The minimum atomic E-state index is -0.139. The highest BCUT2D eigenvalue weighted by Crippen LogP contribution is 2.27. The van der Waals surface area contributed by atoms with Gasteiger partial charge in [-0.25, -0.2) is 0 Å². The number of nitrogens with two attached hydrogens (primary N) is 1. The van der Waals surface area contributed by atoms with Crippen molar-refractivity contribution in [3.63, 3.8) is 0 Å². The monoisotopic (exact) mass is 318 g/mol. The molecule has 6 nitrogen and oxygen atoms in total. The largest absolute Gasteiger partial charge is 0.327 e. The van der Waals surface area contributed by atoms with Gasteiger partial charge in [-0.1, -0.05) is 19.9 Å². The third kappa shape index (κ3) is 5.04. The summed E-state index contributed by atoms with van der Waals surface area (Å²) in [6.07, 6.45) is 0.901. The fourth-order valence-electron chi connectivity index (χ4n) is 2.90. The lowest BCUT2D eigenvalue weighted by atomic mass is 9.80. The smallest absolute Gasteiger partial charge is 0.238 e. The molecule has 1 aromatic carbocycles. The molecule has 6 heteroatoms. The van der Waals surface area contributed by atoms with Crippen LogP contribution in [-0.2, 0) is 9.59 Å². The summed E-state index contributed by atoms with van der Waals surface area (Å²) in [4.78, 5) is 25.5. The van der Waals surface area contributed by atoms with E-state index in [-0.39, 0.29) is 23.3 Å². The number of nitrogens with zero attached hydrogens (tertiary/aromatic N) is 1. The Balaban J connectivity index is 1.91. The summed E-state index contributed by atoms with van der Waals surface area (Å²) in [5, 5.41) is 5.58. The Morgan fingerprint density at radius 3 is 2.57 bits per heavy atom. The maximum absolute atomic E-state index is 12.2. The van der Waals surface area contributed by atoms with Gasteiger partial charge >= 0.3 is 0 Å². The zero-order chi connectivity index (χ0) is 17.0. The molecule has 23 heavy (non-hydrogen) atoms. The Morgan fingerprint density at radius 2 is 1.96 bits per heavy atom. The SMILES string of the molecule is CC(=O)Nc1cccc(NC(=O)CN2CCC(N)C(C)(C)C2)c1. The quantitative estimate of drug-likeness (QED) is 0.787. The fourth-order valence-corrected chi connectivity index (χ4v) is 2.90. The van der Waals surface area contributed by atoms with Crippen LogP contribution in [0.4, 0.5) is 11.4 Å². The van der Waals surface area contributed by atoms with E-state index in [0.29, 0.717) is 17.9 Å². The molecule has 4 N–H and O–H groups in total. The van der Waals surface area contributed by atoms with E-state index >= 15 is 0 Å². The number of likely N-dealkylation sites (tertiary alicyclic amines) is 1. The van der Waals surface area contributed by atoms with Crippen molar-refractivity contribution in [3.8, 4) is 0 Å². The highest BCUT2D eigenvalue weighted by atomic mass is 16.2. The molecule has 1 aromatic rings. The lowest BCUT2D eigenvalue weighted by Gasteiger charge is -2.42. The highest BCUT2D eigenvalue weighted by Gasteiger charge is 2.33. The molecule has 1 unspecified atom stereocenters. The Labute approximate surface area is 137 Å². The van der Waals surface area contributed by atoms with Gasteiger partial charge in [-0.2, -0.15) is 0 Å². The first-order valence-corrected chi connectivity index (χ1v) is 7.92. The Bertz CT molecular complexity index is 586. The molecule has 126 valence electrons. The van der Waals surface area contributed by atoms with Gasteiger partial charge in [-0.05, 0) is 30.0 Å². The molecule has 2 rings (SSSR count). The second kappa shape index (κ2) is 7.10. The second-order valence-corrected chi connectivity index (χ2v) is 6.90. The Kier molecular flexibility index (Phi) is 5.38. The lowest BCUT2D eigenvalue weighted by molar-refractivity contribution is -0.118. The van der Waals surface area contributed by atoms with Crippen LogP contribution in [-0.4, -0.2) is 42.4 Å². The number of amides is 2. The number of anilines is 2. The number of hydrogen-bond acceptors (Lipinski definition) is 4. The third-order valence-electron chi connectivity index (χ3n) is 4.23. The van der Waals surface area contributed by atoms with E-state index in [9.17, 15) is 9.59 Å². The van der Waals surface area contributed by atoms with Gasteiger partial charge in [0.05, 0.1) is 6.54 Å². The molecule has 1 aliphatic rings. The van der Waals surface area contributed by atoms with Gasteiger partial charge in [-0.3, -0.25) is 14.5 Å². The van der Waals surface area contributed by atoms with Crippen LogP contribution in [0.3, 0.4) is 0 Å². The van der Waals surface area contributed by atoms with Crippen LogP contribution in [0.1, 0.15) is 27.2 Å². The van der Waals surface area contributed by atoms with Gasteiger partial charge < -0.3 is 16.4 Å². The van der Waals surface area contributed by atoms with Crippen LogP contribution in [0, 0.1) is 5.41 Å². The summed E-state index contributed by atoms with van der Waals surface area (Å²) in [5.74, 6) is -0.198. The van der Waals surface area contributed by atoms with Gasteiger partial charge in [-0.15, -0.1) is 0 Å². The van der Waals surface area contributed by atoms with E-state index in [1.165, 1.54) is 6.92 Å². The van der Waals surface area contributed by atoms with Crippen molar-refractivity contribution >= 4 is 23.2 Å². The van der Waals surface area contributed by atoms with E-state index in [0.717, 1.165) is 19.5 Å². The first-order valence-electron chi connectivity index (χ1n) is 7.92. The Hall–Kier alpha value is -1.92. The molecule has 0 aliphatic carbocycles. The summed E-state index contributed by atoms with van der Waals surface area (Å²) >= 11 is 0. The van der Waals surface area contributed by atoms with Crippen molar-refractivity contribution in [1.29, 1.82) is 0 Å². The summed E-state index contributed by atoms with van der Waals surface area (Å²) in [7, 11) is 0. The van der Waals surface area contributed by atoms with Gasteiger partial charge in [0.15, 0.2) is 0 Å². The molecule has 0 radical (unpaired) electrons. The number of nitrogens with one attached hydrogen (secondary N) is 2. The Morgan fingerprint density at radius 1 is 1.30 bits per heavy atom. The average molecular weight is 318 g/mol. The van der Waals surface area contributed by atoms with Crippen molar-refractivity contribution in [2.45, 2.75) is 33.2 Å². The number of hydrogen-bond donors (Lipinski definition) is 3. The maximum atomic E-state index is 12.2. The first-order chi connectivity index (χ1) is 10.8. The number of rotatable bonds is 4. The normalized spacial score (nSPS) is 20.8. The number of piperidine rings is 1. The molecule has 0 bridgehead atoms. The van der Waals surface area contributed by atoms with E-state index in [1.807, 2.05) is 0 Å². The van der Waals surface area contributed by atoms with Crippen LogP contribution in [0.5, 0.6) is 0 Å². The topological polar surface area (TPSA) is 87.5 Å². The van der Waals surface area contributed by atoms with Gasteiger partial charge in [0, 0.05) is 37.4 Å². The second-order valence-electron chi connectivity index (χ2n) is 6.90. The van der Waals surface area contributed by atoms with Gasteiger partial charge in [0.25, 0.3) is 0 Å². The molecular weight excluding hydrogens is 292 g/mol. The lowest BCUT2D eigenvalue weighted by Crippen LogP contribution is -2.53. The summed E-state index contributed by atoms with van der Waals surface area (Å²) in [6.45, 7) is 7.73. The van der Waals surface area contributed by atoms with Crippen molar-refractivity contribution < 1.29 is 9.59 Å². The predicted octanol–water partition coefficient (Wildman–Crippen LogP) is 1.64. The standard InChI is InChI=1S/C17H26N4O2/c1-12(22)19-13-5-4-6-14(9-13)20-16(23)10-21-8-7-15(18)17(2,3)11-21/h4-6,9,15H,7-8,10-11,18H2,1-3H3,(H,19,22)(H,20,23). The predicted molar refractivity (Wildman–Crippen MR) is 92.2 cm³/mol. The minimum absolute atomic E-state index is 0.0177. The molecule has 1 atom stereocenters. The molecular formula is C17H26N4O2. The van der Waals surface area contributed by atoms with E-state index in [2.05, 4.69) is 29.4 Å². The van der Waals surface area contributed by atoms with Crippen molar-refractivity contribution in [1.82, 2.24) is 4.90 Å². The van der Waals surface area contributed by atoms with Crippen LogP contribution >= 0.6 is 0 Å². The molecule has 0 saturated carbocycles. The van der Waals surface area contributed by atoms with E-state index < -0.39 is 0 Å². The molecule has 1 saturated heterocycles. The van der Waals surface area contributed by atoms with Crippen LogP contribution in [0.15, 0.2) is 24.3 Å². The van der Waals surface area contributed by atoms with Crippen molar-refractivity contribution in [3.05, 3.63) is 24.3 Å². The van der Waals surface area contributed by atoms with E-state index in [4.69, 9.17) is 5.73 Å². The number of carbonyl (C=O) groups excluding carboxylic acids is 2. The first kappa shape index (κ1) is 17.4. The van der Waals surface area contributed by atoms with Crippen LogP contribution in [0.2, 0.25) is 0 Å². The molecule has 2 amide bonds. The number of carbonyl (C=O) groups is 2. The summed E-state index contributed by atoms with van der Waals surface area (Å²) in [6, 6.07) is 7.31. The van der Waals surface area contributed by atoms with E-state index in [1.54, 1.807) is 24.3 Å². The molecule has 0 spiro atoms. The summed E-state index contributed by atoms with van der Waals surface area (Å²) < 4.78 is 0. The van der Waals surface area contributed by atoms with Crippen LogP contribution in [0.25, 0.3) is 0 Å². The minimum Gasteiger partial charge on any atom is -0.327 e. The summed E-state index contributed by atoms with van der Waals surface area (Å²) in [5.41, 5.74) is 7.48. The molecule has 1 fully saturated rings.